The summed E-state index contributed by atoms with van der Waals surface area (Å²) >= 11 is 0. The summed E-state index contributed by atoms with van der Waals surface area (Å²) in [6.07, 6.45) is 11.1. The average molecular weight is 724 g/mol. The minimum Gasteiger partial charge on any atom is -1.00 e. The Morgan fingerprint density at radius 2 is 0.375 bits per heavy atom. The van der Waals surface area contributed by atoms with Gasteiger partial charge in [-0.3, -0.25) is 0 Å². The highest BCUT2D eigenvalue weighted by atomic mass is 79.9. The van der Waals surface area contributed by atoms with Crippen molar-refractivity contribution in [3.8, 4) is 0 Å². The molecule has 0 spiro atoms. The van der Waals surface area contributed by atoms with Crippen LogP contribution in [0.3, 0.4) is 0 Å². The number of hydrogen-bond acceptors (Lipinski definition) is 0. The van der Waals surface area contributed by atoms with E-state index in [2.05, 4.69) is 84.6 Å². The molecular weight excluding hydrogens is 664 g/mol. The molecule has 0 aliphatic rings. The predicted octanol–water partition coefficient (Wildman–Crippen LogP) is -8.07. The van der Waals surface area contributed by atoms with Gasteiger partial charge in [0.1, 0.15) is 0 Å². The van der Waals surface area contributed by atoms with Gasteiger partial charge in [-0.15, -0.1) is 0 Å². The molecule has 0 aliphatic heterocycles. The van der Waals surface area contributed by atoms with Gasteiger partial charge in [-0.25, -0.2) is 0 Å². The normalized spacial score (nSPS) is 11.6. The summed E-state index contributed by atoms with van der Waals surface area (Å²) in [6, 6.07) is 0. The lowest BCUT2D eigenvalue weighted by atomic mass is 10.1. The molecule has 0 aliphatic carbocycles. The molecule has 0 amide bonds. The number of halogens is 4. The Bertz CT molecular complexity index is 296. The van der Waals surface area contributed by atoms with Crippen LogP contribution < -0.4 is 67.9 Å². The summed E-state index contributed by atoms with van der Waals surface area (Å²) in [5.74, 6) is 0. The Morgan fingerprint density at radius 3 is 0.469 bits per heavy atom. The van der Waals surface area contributed by atoms with E-state index in [9.17, 15) is 0 Å². The number of rotatable bonds is 14. The van der Waals surface area contributed by atoms with Gasteiger partial charge in [0.05, 0.1) is 111 Å². The molecule has 0 atom stereocenters. The summed E-state index contributed by atoms with van der Waals surface area (Å²) in [4.78, 5) is 0. The second-order valence-electron chi connectivity index (χ2n) is 12.9. The maximum absolute atomic E-state index is 2.27. The van der Waals surface area contributed by atoms with Crippen molar-refractivity contribution in [3.63, 3.8) is 0 Å². The number of hydrogen-bond donors (Lipinski definition) is 0. The molecule has 0 fully saturated rings. The second-order valence-corrected chi connectivity index (χ2v) is 12.9. The van der Waals surface area contributed by atoms with Crippen molar-refractivity contribution in [1.82, 2.24) is 0 Å². The molecule has 0 bridgehead atoms. The van der Waals surface area contributed by atoms with Gasteiger partial charge in [-0.2, -0.15) is 0 Å². The van der Waals surface area contributed by atoms with E-state index in [-0.39, 0.29) is 67.9 Å². The third-order valence-corrected chi connectivity index (χ3v) is 4.82. The van der Waals surface area contributed by atoms with Gasteiger partial charge in [-0.1, -0.05) is 0 Å². The zero-order valence-electron chi connectivity index (χ0n) is 23.8. The van der Waals surface area contributed by atoms with Crippen molar-refractivity contribution in [2.24, 2.45) is 0 Å². The van der Waals surface area contributed by atoms with Crippen molar-refractivity contribution in [1.29, 1.82) is 0 Å². The van der Waals surface area contributed by atoms with E-state index in [1.165, 1.54) is 77.5 Å². The molecule has 4 nitrogen and oxygen atoms in total. The molecule has 0 aromatic rings. The fraction of sp³-hybridized carbons (Fsp3) is 1.00. The molecule has 0 saturated heterocycles. The van der Waals surface area contributed by atoms with E-state index < -0.39 is 0 Å². The quantitative estimate of drug-likeness (QED) is 0.124. The second kappa shape index (κ2) is 23.2. The SMILES string of the molecule is C[N+](C)(C)CCCCCC[N+](C)(C)C.C[N+](C)(C)CCCCCC[N+](C)(C)C.[Br-].[Br-].[Br-].[Br-]. The van der Waals surface area contributed by atoms with E-state index in [0.29, 0.717) is 0 Å². The van der Waals surface area contributed by atoms with E-state index in [4.69, 9.17) is 0 Å². The van der Waals surface area contributed by atoms with E-state index in [1.807, 2.05) is 0 Å². The van der Waals surface area contributed by atoms with Crippen LogP contribution in [0.5, 0.6) is 0 Å². The van der Waals surface area contributed by atoms with Crippen LogP contribution in [0.1, 0.15) is 51.4 Å². The van der Waals surface area contributed by atoms with Crippen molar-refractivity contribution >= 4 is 0 Å². The maximum atomic E-state index is 2.27. The van der Waals surface area contributed by atoms with Gasteiger partial charge in [0.2, 0.25) is 0 Å². The first-order chi connectivity index (χ1) is 12.4. The highest BCUT2D eigenvalue weighted by molar-refractivity contribution is 4.43. The fourth-order valence-electron chi connectivity index (χ4n) is 3.05. The molecule has 204 valence electrons. The lowest BCUT2D eigenvalue weighted by Gasteiger charge is -2.25. The molecule has 0 aromatic carbocycles. The van der Waals surface area contributed by atoms with Gasteiger partial charge < -0.3 is 85.9 Å². The van der Waals surface area contributed by atoms with Crippen LogP contribution in [0.2, 0.25) is 0 Å². The van der Waals surface area contributed by atoms with Crippen LogP contribution >= 0.6 is 0 Å². The predicted molar refractivity (Wildman–Crippen MR) is 129 cm³/mol. The zero-order chi connectivity index (χ0) is 22.5. The number of quaternary nitrogens is 4. The summed E-state index contributed by atoms with van der Waals surface area (Å²) in [7, 11) is 27.2. The topological polar surface area (TPSA) is 0 Å². The molecule has 0 heterocycles. The first-order valence-corrected chi connectivity index (χ1v) is 11.6. The van der Waals surface area contributed by atoms with E-state index in [1.54, 1.807) is 0 Å². The van der Waals surface area contributed by atoms with Crippen LogP contribution in [0, 0.1) is 0 Å². The molecular formula is C24H60Br4N4. The van der Waals surface area contributed by atoms with Gasteiger partial charge in [0, 0.05) is 0 Å². The Morgan fingerprint density at radius 1 is 0.250 bits per heavy atom. The van der Waals surface area contributed by atoms with Gasteiger partial charge in [0.25, 0.3) is 0 Å². The van der Waals surface area contributed by atoms with Gasteiger partial charge in [0.15, 0.2) is 0 Å². The molecule has 0 radical (unpaired) electrons. The summed E-state index contributed by atoms with van der Waals surface area (Å²) in [5.41, 5.74) is 0. The van der Waals surface area contributed by atoms with Gasteiger partial charge >= 0.3 is 0 Å². The van der Waals surface area contributed by atoms with Gasteiger partial charge in [-0.05, 0) is 51.4 Å². The largest absolute Gasteiger partial charge is 1.00 e. The molecule has 0 saturated carbocycles. The minimum absolute atomic E-state index is 0. The standard InChI is InChI=1S/2C12H30N2.4BrH/c2*1-13(2,3)11-9-7-8-10-12-14(4,5)6;;;;/h2*7-12H2,1-6H3;4*1H/q2*+2;;;;/p-4. The smallest absolute Gasteiger partial charge is 0.0780 e. The van der Waals surface area contributed by atoms with Crippen molar-refractivity contribution in [3.05, 3.63) is 0 Å². The Hall–Kier alpha value is 1.76. The first kappa shape index (κ1) is 47.0. The molecule has 32 heavy (non-hydrogen) atoms. The maximum Gasteiger partial charge on any atom is 0.0780 e. The average Bonchev–Trinajstić information content (AvgIpc) is 2.43. The molecule has 8 heteroatoms. The highest BCUT2D eigenvalue weighted by Crippen LogP contribution is 2.06. The number of nitrogens with zero attached hydrogens (tertiary/aromatic N) is 4. The number of unbranched alkanes of at least 4 members (excludes halogenated alkanes) is 6. The van der Waals surface area contributed by atoms with Crippen molar-refractivity contribution in [2.45, 2.75) is 51.4 Å². The van der Waals surface area contributed by atoms with Crippen molar-refractivity contribution in [2.75, 3.05) is 111 Å². The van der Waals surface area contributed by atoms with Crippen LogP contribution in [0.15, 0.2) is 0 Å². The summed E-state index contributed by atoms with van der Waals surface area (Å²) < 4.78 is 4.43. The fourth-order valence-corrected chi connectivity index (χ4v) is 3.05. The Kier molecular flexibility index (Phi) is 34.1. The lowest BCUT2D eigenvalue weighted by molar-refractivity contribution is -0.871. The van der Waals surface area contributed by atoms with Crippen LogP contribution in [0.4, 0.5) is 0 Å². The van der Waals surface area contributed by atoms with Crippen LogP contribution in [-0.4, -0.2) is 129 Å². The Labute approximate surface area is 246 Å². The molecule has 0 rings (SSSR count). The molecule has 0 aromatic heterocycles. The van der Waals surface area contributed by atoms with E-state index in [0.717, 1.165) is 17.9 Å². The van der Waals surface area contributed by atoms with E-state index >= 15 is 0 Å². The first-order valence-electron chi connectivity index (χ1n) is 11.6. The zero-order valence-corrected chi connectivity index (χ0v) is 30.1. The third-order valence-electron chi connectivity index (χ3n) is 4.82. The molecule has 0 N–H and O–H groups in total. The Balaban J connectivity index is -0.0000000939. The molecule has 0 unspecified atom stereocenters. The van der Waals surface area contributed by atoms with Crippen molar-refractivity contribution < 1.29 is 85.9 Å². The highest BCUT2D eigenvalue weighted by Gasteiger charge is 2.09. The summed E-state index contributed by atoms with van der Waals surface area (Å²) in [5, 5.41) is 0. The monoisotopic (exact) mass is 720 g/mol. The lowest BCUT2D eigenvalue weighted by Crippen LogP contribution is -3.00. The third kappa shape index (κ3) is 53.2. The van der Waals surface area contributed by atoms with Crippen LogP contribution in [-0.2, 0) is 0 Å². The minimum atomic E-state index is 0. The van der Waals surface area contributed by atoms with Crippen LogP contribution in [0.25, 0.3) is 0 Å². The summed E-state index contributed by atoms with van der Waals surface area (Å²) in [6.45, 7) is 5.24.